The highest BCUT2D eigenvalue weighted by Gasteiger charge is 2.56. The Morgan fingerprint density at radius 1 is 0.957 bits per heavy atom. The molecule has 5 rings (SSSR count). The zero-order valence-corrected chi connectivity index (χ0v) is 30.1. The molecule has 246 valence electrons. The van der Waals surface area contributed by atoms with Crippen molar-refractivity contribution in [2.45, 2.75) is 102 Å². The van der Waals surface area contributed by atoms with Crippen molar-refractivity contribution in [2.24, 2.45) is 5.11 Å². The lowest BCUT2D eigenvalue weighted by Crippen LogP contribution is -2.55. The third kappa shape index (κ3) is 5.73. The maximum atomic E-state index is 13.5. The van der Waals surface area contributed by atoms with Crippen LogP contribution in [0.25, 0.3) is 21.6 Å². The third-order valence-electron chi connectivity index (χ3n) is 9.88. The molecule has 1 saturated heterocycles. The van der Waals surface area contributed by atoms with Crippen LogP contribution in [0.5, 0.6) is 0 Å². The molecule has 2 N–H and O–H groups in total. The number of hydrogen-bond donors (Lipinski definition) is 1. The van der Waals surface area contributed by atoms with Crippen molar-refractivity contribution in [1.29, 1.82) is 0 Å². The van der Waals surface area contributed by atoms with Gasteiger partial charge in [-0.3, -0.25) is 19.1 Å². The van der Waals surface area contributed by atoms with Crippen LogP contribution in [0.3, 0.4) is 0 Å². The maximum Gasteiger partial charge on any atom is 0.261 e. The Morgan fingerprint density at radius 3 is 2.02 bits per heavy atom. The van der Waals surface area contributed by atoms with Crippen molar-refractivity contribution >= 4 is 51.4 Å². The molecular formula is C30H43N9O5Si2. The first-order valence-corrected chi connectivity index (χ1v) is 21.1. The van der Waals surface area contributed by atoms with Crippen LogP contribution in [0.15, 0.2) is 35.7 Å². The van der Waals surface area contributed by atoms with Crippen LogP contribution >= 0.6 is 0 Å². The van der Waals surface area contributed by atoms with Gasteiger partial charge in [-0.15, -0.1) is 0 Å². The number of carbonyl (C=O) groups is 2. The van der Waals surface area contributed by atoms with Crippen LogP contribution in [-0.4, -0.2) is 77.7 Å². The second kappa shape index (κ2) is 11.5. The van der Waals surface area contributed by atoms with Crippen molar-refractivity contribution in [3.63, 3.8) is 0 Å². The number of rotatable bonds is 8. The molecule has 2 aromatic heterocycles. The van der Waals surface area contributed by atoms with Crippen molar-refractivity contribution in [1.82, 2.24) is 24.4 Å². The minimum atomic E-state index is -2.54. The van der Waals surface area contributed by atoms with Gasteiger partial charge in [0, 0.05) is 4.91 Å². The van der Waals surface area contributed by atoms with E-state index < -0.39 is 53.0 Å². The zero-order chi connectivity index (χ0) is 34.0. The molecule has 4 atom stereocenters. The van der Waals surface area contributed by atoms with Crippen LogP contribution < -0.4 is 5.73 Å². The van der Waals surface area contributed by atoms with Crippen molar-refractivity contribution in [2.75, 3.05) is 12.3 Å². The number of imide groups is 1. The van der Waals surface area contributed by atoms with Crippen molar-refractivity contribution < 1.29 is 23.2 Å². The van der Waals surface area contributed by atoms with E-state index in [1.165, 1.54) is 11.2 Å². The number of ether oxygens (including phenoxy) is 1. The molecule has 4 heterocycles. The average Bonchev–Trinajstić information content (AvgIpc) is 3.55. The highest BCUT2D eigenvalue weighted by atomic mass is 28.4. The van der Waals surface area contributed by atoms with Crippen molar-refractivity contribution in [3.8, 4) is 0 Å². The minimum Gasteiger partial charge on any atom is -0.408 e. The van der Waals surface area contributed by atoms with Gasteiger partial charge in [0.05, 0.1) is 17.7 Å². The number of benzene rings is 1. The Balaban J connectivity index is 1.69. The van der Waals surface area contributed by atoms with E-state index in [1.54, 1.807) is 28.8 Å². The molecule has 2 aliphatic rings. The average molecular weight is 666 g/mol. The van der Waals surface area contributed by atoms with E-state index in [4.69, 9.17) is 19.3 Å². The molecule has 14 nitrogen and oxygen atoms in total. The van der Waals surface area contributed by atoms with E-state index in [0.29, 0.717) is 11.1 Å². The molecule has 1 fully saturated rings. The molecule has 1 aromatic carbocycles. The first-order valence-electron chi connectivity index (χ1n) is 15.3. The fourth-order valence-corrected chi connectivity index (χ4v) is 7.81. The second-order valence-electron chi connectivity index (χ2n) is 14.9. The smallest absolute Gasteiger partial charge is 0.261 e. The molecule has 2 amide bonds. The Morgan fingerprint density at radius 2 is 1.50 bits per heavy atom. The normalized spacial score (nSPS) is 22.4. The molecule has 0 spiro atoms. The lowest BCUT2D eigenvalue weighted by Gasteiger charge is -2.44. The quantitative estimate of drug-likeness (QED) is 0.0945. The van der Waals surface area contributed by atoms with Gasteiger partial charge in [0.15, 0.2) is 39.8 Å². The van der Waals surface area contributed by atoms with Gasteiger partial charge >= 0.3 is 0 Å². The van der Waals surface area contributed by atoms with Crippen molar-refractivity contribution in [3.05, 3.63) is 52.2 Å². The number of fused-ring (bicyclic) bond motifs is 2. The first kappa shape index (κ1) is 33.7. The number of azide groups is 1. The fraction of sp³-hybridized carbons (Fsp3) is 0.567. The van der Waals surface area contributed by atoms with E-state index in [2.05, 4.69) is 92.7 Å². The predicted octanol–water partition coefficient (Wildman–Crippen LogP) is 6.32. The molecule has 16 heteroatoms. The summed E-state index contributed by atoms with van der Waals surface area (Å²) in [5.74, 6) is -0.728. The van der Waals surface area contributed by atoms with Crippen LogP contribution in [-0.2, 0) is 13.6 Å². The summed E-state index contributed by atoms with van der Waals surface area (Å²) in [6.07, 6.45) is -1.97. The summed E-state index contributed by atoms with van der Waals surface area (Å²) < 4.78 is 22.7. The van der Waals surface area contributed by atoms with Gasteiger partial charge in [-0.05, 0) is 59.0 Å². The van der Waals surface area contributed by atoms with Gasteiger partial charge in [-0.1, -0.05) is 53.7 Å². The van der Waals surface area contributed by atoms with Gasteiger partial charge in [0.1, 0.15) is 24.6 Å². The lowest BCUT2D eigenvalue weighted by atomic mass is 10.1. The summed E-state index contributed by atoms with van der Waals surface area (Å²) in [4.78, 5) is 44.3. The van der Waals surface area contributed by atoms with E-state index in [-0.39, 0.29) is 39.6 Å². The number of imidazole rings is 1. The number of hydrogen-bond acceptors (Lipinski definition) is 10. The number of nitrogens with two attached hydrogens (primary N) is 1. The van der Waals surface area contributed by atoms with Gasteiger partial charge in [0.2, 0.25) is 5.95 Å². The highest BCUT2D eigenvalue weighted by molar-refractivity contribution is 6.74. The Bertz CT molecular complexity index is 1710. The molecule has 0 radical (unpaired) electrons. The van der Waals surface area contributed by atoms with Gasteiger partial charge in [0.25, 0.3) is 11.8 Å². The maximum absolute atomic E-state index is 13.5. The fourth-order valence-electron chi connectivity index (χ4n) is 5.21. The number of nitrogens with zero attached hydrogens (tertiary/aromatic N) is 8. The van der Waals surface area contributed by atoms with Gasteiger partial charge in [-0.25, -0.2) is 15.0 Å². The number of amides is 2. The Labute approximate surface area is 270 Å². The predicted molar refractivity (Wildman–Crippen MR) is 178 cm³/mol. The summed E-state index contributed by atoms with van der Waals surface area (Å²) in [5, 5.41) is 3.48. The minimum absolute atomic E-state index is 0.0361. The Hall–Kier alpha value is -3.67. The lowest BCUT2D eigenvalue weighted by molar-refractivity contribution is -0.0366. The molecule has 0 saturated carbocycles. The van der Waals surface area contributed by atoms with E-state index in [1.807, 2.05) is 0 Å². The molecule has 2 aliphatic heterocycles. The standard InChI is InChI=1S/C30H43N9O5Si2/c1-29(2,3)45(7,8)43-21-19(15-38-25(40)17-13-11-12-14-18(17)26(38)41)42-27(22(21)44-46(9,10)30(4,5)6)39-24-20(23(31)33-16-34-24)35-28(39)36-37-32/h11-14,16,19,21-22,27H,15H2,1-10H3,(H2,31,33,34)/t19-,21+,22?,27-/m1/s1. The number of aromatic nitrogens is 4. The van der Waals surface area contributed by atoms with Gasteiger partial charge in [-0.2, -0.15) is 0 Å². The third-order valence-corrected chi connectivity index (χ3v) is 18.8. The molecule has 0 bridgehead atoms. The molecule has 1 unspecified atom stereocenters. The van der Waals surface area contributed by atoms with Crippen LogP contribution in [0.1, 0.15) is 68.5 Å². The van der Waals surface area contributed by atoms with Crippen LogP contribution in [0.4, 0.5) is 11.8 Å². The molecule has 0 aliphatic carbocycles. The summed E-state index contributed by atoms with van der Waals surface area (Å²) in [5.41, 5.74) is 16.9. The summed E-state index contributed by atoms with van der Waals surface area (Å²) in [7, 11) is -5.06. The molecule has 3 aromatic rings. The summed E-state index contributed by atoms with van der Waals surface area (Å²) in [6.45, 7) is 21.3. The topological polar surface area (TPSA) is 183 Å². The van der Waals surface area contributed by atoms with Crippen LogP contribution in [0.2, 0.25) is 36.3 Å². The Kier molecular flexibility index (Phi) is 8.45. The number of anilines is 1. The molecular weight excluding hydrogens is 623 g/mol. The summed E-state index contributed by atoms with van der Waals surface area (Å²) >= 11 is 0. The van der Waals surface area contributed by atoms with E-state index >= 15 is 0 Å². The SMILES string of the molecule is CC(C)(C)[Si](C)(C)OC1[C@@H](O[Si](C)(C)C(C)(C)C)[C@@H](CN2C(=O)c3ccccc3C2=O)O[C@H]1n1c(N=[N+]=[N-])nc2c(N)ncnc21. The first-order chi connectivity index (χ1) is 21.3. The summed E-state index contributed by atoms with van der Waals surface area (Å²) in [6, 6.07) is 6.76. The van der Waals surface area contributed by atoms with E-state index in [9.17, 15) is 15.1 Å². The number of nitrogen functional groups attached to an aromatic ring is 1. The largest absolute Gasteiger partial charge is 0.408 e. The molecule has 46 heavy (non-hydrogen) atoms. The highest BCUT2D eigenvalue weighted by Crippen LogP contribution is 2.47. The zero-order valence-electron chi connectivity index (χ0n) is 28.1. The van der Waals surface area contributed by atoms with Gasteiger partial charge < -0.3 is 19.3 Å². The monoisotopic (exact) mass is 665 g/mol. The number of carbonyl (C=O) groups excluding carboxylic acids is 2. The van der Waals surface area contributed by atoms with Crippen LogP contribution in [0, 0.1) is 0 Å². The van der Waals surface area contributed by atoms with E-state index in [0.717, 1.165) is 0 Å². The second-order valence-corrected chi connectivity index (χ2v) is 24.4.